The molecule has 5 nitrogen and oxygen atoms in total. The van der Waals surface area contributed by atoms with Gasteiger partial charge in [-0.1, -0.05) is 60.7 Å². The highest BCUT2D eigenvalue weighted by Crippen LogP contribution is 2.36. The van der Waals surface area contributed by atoms with Crippen LogP contribution in [0.5, 0.6) is 11.5 Å². The summed E-state index contributed by atoms with van der Waals surface area (Å²) in [6, 6.07) is 25.1. The maximum absolute atomic E-state index is 13.1. The Morgan fingerprint density at radius 2 is 1.69 bits per heavy atom. The molecule has 0 radical (unpaired) electrons. The lowest BCUT2D eigenvalue weighted by Gasteiger charge is -2.14. The van der Waals surface area contributed by atoms with Crippen molar-refractivity contribution < 1.29 is 23.5 Å². The molecule has 1 heterocycles. The van der Waals surface area contributed by atoms with Crippen molar-refractivity contribution in [2.75, 3.05) is 7.11 Å². The molecule has 1 aliphatic rings. The molecule has 0 saturated carbocycles. The molecule has 1 saturated heterocycles. The van der Waals surface area contributed by atoms with Crippen LogP contribution in [0, 0.1) is 5.82 Å². The summed E-state index contributed by atoms with van der Waals surface area (Å²) in [4.78, 5) is 27.4. The van der Waals surface area contributed by atoms with Crippen LogP contribution >= 0.6 is 11.8 Å². The molecule has 180 valence electrons. The summed E-state index contributed by atoms with van der Waals surface area (Å²) in [6.45, 7) is 0.464. The van der Waals surface area contributed by atoms with Gasteiger partial charge in [0.2, 0.25) is 0 Å². The second-order valence-electron chi connectivity index (χ2n) is 8.23. The summed E-state index contributed by atoms with van der Waals surface area (Å²) in [5.41, 5.74) is 2.44. The monoisotopic (exact) mass is 499 g/mol. The molecule has 0 bridgehead atoms. The highest BCUT2D eigenvalue weighted by molar-refractivity contribution is 8.18. The maximum Gasteiger partial charge on any atom is 0.293 e. The molecule has 7 heteroatoms. The molecule has 4 aromatic rings. The van der Waals surface area contributed by atoms with E-state index in [0.717, 1.165) is 33.7 Å². The minimum Gasteiger partial charge on any atom is -0.493 e. The summed E-state index contributed by atoms with van der Waals surface area (Å²) in [5.74, 6) is 0.375. The first kappa shape index (κ1) is 23.6. The van der Waals surface area contributed by atoms with Crippen molar-refractivity contribution in [2.45, 2.75) is 13.2 Å². The third-order valence-corrected chi connectivity index (χ3v) is 6.78. The number of carbonyl (C=O) groups excluding carboxylic acids is 2. The fourth-order valence-corrected chi connectivity index (χ4v) is 4.86. The molecule has 0 aliphatic carbocycles. The van der Waals surface area contributed by atoms with Crippen molar-refractivity contribution in [3.63, 3.8) is 0 Å². The number of amides is 2. The molecular formula is C29H22FNO4S. The van der Waals surface area contributed by atoms with Gasteiger partial charge < -0.3 is 9.47 Å². The first-order valence-electron chi connectivity index (χ1n) is 11.3. The number of methoxy groups -OCH3 is 1. The van der Waals surface area contributed by atoms with Gasteiger partial charge in [0, 0.05) is 0 Å². The van der Waals surface area contributed by atoms with Gasteiger partial charge in [0.15, 0.2) is 11.5 Å². The molecule has 0 N–H and O–H groups in total. The Morgan fingerprint density at radius 1 is 0.917 bits per heavy atom. The summed E-state index contributed by atoms with van der Waals surface area (Å²) < 4.78 is 24.4. The molecule has 0 aromatic heterocycles. The first-order valence-corrected chi connectivity index (χ1v) is 12.1. The molecule has 1 fully saturated rings. The number of halogens is 1. The van der Waals surface area contributed by atoms with E-state index in [1.165, 1.54) is 24.1 Å². The lowest BCUT2D eigenvalue weighted by atomic mass is 10.0. The van der Waals surface area contributed by atoms with Crippen molar-refractivity contribution in [1.82, 2.24) is 4.90 Å². The van der Waals surface area contributed by atoms with Gasteiger partial charge in [0.1, 0.15) is 12.4 Å². The number of hydrogen-bond donors (Lipinski definition) is 0. The number of benzene rings is 4. The van der Waals surface area contributed by atoms with Gasteiger partial charge >= 0.3 is 0 Å². The van der Waals surface area contributed by atoms with E-state index in [0.29, 0.717) is 22.0 Å². The molecule has 5 rings (SSSR count). The van der Waals surface area contributed by atoms with Crippen molar-refractivity contribution in [3.8, 4) is 11.5 Å². The molecule has 0 spiro atoms. The smallest absolute Gasteiger partial charge is 0.293 e. The standard InChI is InChI=1S/C29H22FNO4S/c1-34-26-15-20(11-14-25(26)35-18-19-9-12-23(30)13-10-19)16-27-28(32)31(29(33)36-27)17-22-7-4-6-21-5-2-3-8-24(21)22/h2-16H,17-18H2,1H3/b27-16+. The van der Waals surface area contributed by atoms with Gasteiger partial charge in [-0.2, -0.15) is 0 Å². The Labute approximate surface area is 212 Å². The molecule has 2 amide bonds. The number of hydrogen-bond acceptors (Lipinski definition) is 5. The highest BCUT2D eigenvalue weighted by Gasteiger charge is 2.35. The van der Waals surface area contributed by atoms with Crippen LogP contribution in [0.2, 0.25) is 0 Å². The topological polar surface area (TPSA) is 55.8 Å². The van der Waals surface area contributed by atoms with Gasteiger partial charge in [0.25, 0.3) is 11.1 Å². The third-order valence-electron chi connectivity index (χ3n) is 5.88. The average Bonchev–Trinajstić information content (AvgIpc) is 3.16. The molecule has 4 aromatic carbocycles. The fourth-order valence-electron chi connectivity index (χ4n) is 4.02. The zero-order valence-electron chi connectivity index (χ0n) is 19.4. The number of thioether (sulfide) groups is 1. The van der Waals surface area contributed by atoms with Crippen LogP contribution in [0.1, 0.15) is 16.7 Å². The van der Waals surface area contributed by atoms with Gasteiger partial charge in [-0.05, 0) is 69.6 Å². The minimum absolute atomic E-state index is 0.211. The molecule has 0 atom stereocenters. The van der Waals surface area contributed by atoms with E-state index < -0.39 is 0 Å². The summed E-state index contributed by atoms with van der Waals surface area (Å²) in [5, 5.41) is 1.78. The average molecular weight is 500 g/mol. The van der Waals surface area contributed by atoms with Crippen LogP contribution < -0.4 is 9.47 Å². The molecule has 36 heavy (non-hydrogen) atoms. The summed E-state index contributed by atoms with van der Waals surface area (Å²) in [6.07, 6.45) is 1.68. The normalized spacial score (nSPS) is 14.6. The number of fused-ring (bicyclic) bond motifs is 1. The number of ether oxygens (including phenoxy) is 2. The Bertz CT molecular complexity index is 1480. The predicted molar refractivity (Wildman–Crippen MR) is 139 cm³/mol. The summed E-state index contributed by atoms with van der Waals surface area (Å²) in [7, 11) is 1.53. The van der Waals surface area contributed by atoms with Crippen LogP contribution in [0.25, 0.3) is 16.8 Å². The van der Waals surface area contributed by atoms with E-state index >= 15 is 0 Å². The molecule has 0 unspecified atom stereocenters. The van der Waals surface area contributed by atoms with Gasteiger partial charge in [0.05, 0.1) is 18.6 Å². The second kappa shape index (κ2) is 10.3. The first-order chi connectivity index (χ1) is 17.5. The van der Waals surface area contributed by atoms with E-state index in [2.05, 4.69) is 0 Å². The summed E-state index contributed by atoms with van der Waals surface area (Å²) >= 11 is 0.923. The molecular weight excluding hydrogens is 477 g/mol. The number of nitrogens with zero attached hydrogens (tertiary/aromatic N) is 1. The van der Waals surface area contributed by atoms with E-state index in [1.807, 2.05) is 42.5 Å². The van der Waals surface area contributed by atoms with E-state index in [4.69, 9.17) is 9.47 Å². The van der Waals surface area contributed by atoms with E-state index in [-0.39, 0.29) is 30.1 Å². The Hall–Kier alpha value is -4.10. The third kappa shape index (κ3) is 4.97. The van der Waals surface area contributed by atoms with Crippen molar-refractivity contribution >= 4 is 39.8 Å². The van der Waals surface area contributed by atoms with Crippen LogP contribution in [0.15, 0.2) is 89.8 Å². The van der Waals surface area contributed by atoms with Crippen molar-refractivity contribution in [3.05, 3.63) is 112 Å². The van der Waals surface area contributed by atoms with E-state index in [9.17, 15) is 14.0 Å². The SMILES string of the molecule is COc1cc(/C=C2/SC(=O)N(Cc3cccc4ccccc34)C2=O)ccc1OCc1ccc(F)cc1. The lowest BCUT2D eigenvalue weighted by molar-refractivity contribution is -0.123. The van der Waals surface area contributed by atoms with Crippen LogP contribution in [-0.2, 0) is 17.9 Å². The van der Waals surface area contributed by atoms with Gasteiger partial charge in [-0.25, -0.2) is 4.39 Å². The predicted octanol–water partition coefficient (Wildman–Crippen LogP) is 6.80. The minimum atomic E-state index is -0.325. The number of carbonyl (C=O) groups is 2. The largest absolute Gasteiger partial charge is 0.493 e. The fraction of sp³-hybridized carbons (Fsp3) is 0.103. The van der Waals surface area contributed by atoms with Crippen molar-refractivity contribution in [2.24, 2.45) is 0 Å². The highest BCUT2D eigenvalue weighted by atomic mass is 32.2. The van der Waals surface area contributed by atoms with Crippen molar-refractivity contribution in [1.29, 1.82) is 0 Å². The van der Waals surface area contributed by atoms with Gasteiger partial charge in [-0.3, -0.25) is 14.5 Å². The second-order valence-corrected chi connectivity index (χ2v) is 9.22. The Balaban J connectivity index is 1.33. The quantitative estimate of drug-likeness (QED) is 0.262. The number of imide groups is 1. The van der Waals surface area contributed by atoms with E-state index in [1.54, 1.807) is 36.4 Å². The molecule has 1 aliphatic heterocycles. The zero-order valence-corrected chi connectivity index (χ0v) is 20.3. The maximum atomic E-state index is 13.1. The zero-order chi connectivity index (χ0) is 25.1. The van der Waals surface area contributed by atoms with Gasteiger partial charge in [-0.15, -0.1) is 0 Å². The van der Waals surface area contributed by atoms with Crippen LogP contribution in [-0.4, -0.2) is 23.2 Å². The lowest BCUT2D eigenvalue weighted by Crippen LogP contribution is -2.27. The van der Waals surface area contributed by atoms with Crippen LogP contribution in [0.4, 0.5) is 9.18 Å². The number of rotatable bonds is 7. The Morgan fingerprint density at radius 3 is 2.50 bits per heavy atom. The van der Waals surface area contributed by atoms with Crippen LogP contribution in [0.3, 0.4) is 0 Å². The Kier molecular flexibility index (Phi) is 6.73.